The van der Waals surface area contributed by atoms with Crippen LogP contribution in [0.3, 0.4) is 0 Å². The molecule has 0 aliphatic carbocycles. The number of benzene rings is 1. The van der Waals surface area contributed by atoms with E-state index < -0.39 is 18.2 Å². The number of halogens is 1. The number of carbonyl (C=O) groups is 1. The van der Waals surface area contributed by atoms with Crippen molar-refractivity contribution in [2.24, 2.45) is 0 Å². The number of aromatic carboxylic acids is 1. The van der Waals surface area contributed by atoms with Crippen LogP contribution in [0.4, 0.5) is 5.69 Å². The molecule has 0 aliphatic rings. The molecule has 5 nitrogen and oxygen atoms in total. The smallest absolute Gasteiger partial charge is 0.335 e. The van der Waals surface area contributed by atoms with E-state index >= 15 is 0 Å². The van der Waals surface area contributed by atoms with Crippen LogP contribution in [0.25, 0.3) is 0 Å². The molecule has 1 rings (SSSR count). The number of anilines is 1. The number of hydrogen-bond acceptors (Lipinski definition) is 4. The lowest BCUT2D eigenvalue weighted by Gasteiger charge is -2.19. The fourth-order valence-electron chi connectivity index (χ4n) is 1.44. The van der Waals surface area contributed by atoms with Crippen LogP contribution in [-0.4, -0.2) is 33.3 Å². The normalized spacial score (nSPS) is 14.3. The van der Waals surface area contributed by atoms with Crippen molar-refractivity contribution in [2.75, 3.05) is 11.6 Å². The Hall–Kier alpha value is -1.30. The molecule has 0 saturated carbocycles. The van der Waals surface area contributed by atoms with Crippen molar-refractivity contribution in [3.8, 4) is 0 Å². The Morgan fingerprint density at radius 1 is 1.41 bits per heavy atom. The predicted molar refractivity (Wildman–Crippen MR) is 64.1 cm³/mol. The summed E-state index contributed by atoms with van der Waals surface area (Å²) in [7, 11) is 0. The van der Waals surface area contributed by atoms with Crippen LogP contribution in [-0.2, 0) is 0 Å². The molecule has 6 heteroatoms. The highest BCUT2D eigenvalue weighted by molar-refractivity contribution is 6.17. The van der Waals surface area contributed by atoms with E-state index in [1.165, 1.54) is 18.2 Å². The largest absolute Gasteiger partial charge is 0.478 e. The topological polar surface area (TPSA) is 104 Å². The van der Waals surface area contributed by atoms with Crippen LogP contribution >= 0.6 is 11.6 Å². The number of rotatable bonds is 5. The van der Waals surface area contributed by atoms with Crippen LogP contribution in [0, 0.1) is 0 Å². The number of nitrogen functional groups attached to an aromatic ring is 1. The molecular weight excluding hydrogens is 246 g/mol. The second-order valence-corrected chi connectivity index (χ2v) is 4.02. The highest BCUT2D eigenvalue weighted by Gasteiger charge is 2.21. The summed E-state index contributed by atoms with van der Waals surface area (Å²) < 4.78 is 0. The zero-order valence-corrected chi connectivity index (χ0v) is 9.76. The van der Waals surface area contributed by atoms with Gasteiger partial charge in [0.1, 0.15) is 6.10 Å². The van der Waals surface area contributed by atoms with E-state index in [9.17, 15) is 15.0 Å². The predicted octanol–water partition coefficient (Wildman–Crippen LogP) is 0.990. The highest BCUT2D eigenvalue weighted by atomic mass is 35.5. The lowest BCUT2D eigenvalue weighted by atomic mass is 9.99. The number of carboxylic acid groups (broad SMARTS) is 1. The van der Waals surface area contributed by atoms with Gasteiger partial charge in [-0.1, -0.05) is 0 Å². The van der Waals surface area contributed by atoms with Crippen LogP contribution in [0.1, 0.15) is 28.4 Å². The Kier molecular flexibility index (Phi) is 4.74. The van der Waals surface area contributed by atoms with Gasteiger partial charge in [0.2, 0.25) is 0 Å². The maximum absolute atomic E-state index is 10.8. The number of hydrogen-bond donors (Lipinski definition) is 4. The molecule has 0 amide bonds. The second-order valence-electron chi connectivity index (χ2n) is 3.64. The maximum atomic E-state index is 10.8. The first-order valence-electron chi connectivity index (χ1n) is 5.02. The molecule has 2 atom stereocenters. The fraction of sp³-hybridized carbons (Fsp3) is 0.364. The lowest BCUT2D eigenvalue weighted by molar-refractivity contribution is 0.0173. The molecule has 0 fully saturated rings. The van der Waals surface area contributed by atoms with Crippen LogP contribution in [0.2, 0.25) is 0 Å². The van der Waals surface area contributed by atoms with Crippen LogP contribution < -0.4 is 5.73 Å². The van der Waals surface area contributed by atoms with Gasteiger partial charge < -0.3 is 21.1 Å². The number of aliphatic hydroxyl groups is 2. The van der Waals surface area contributed by atoms with E-state index in [1.807, 2.05) is 0 Å². The van der Waals surface area contributed by atoms with Crippen molar-refractivity contribution in [3.63, 3.8) is 0 Å². The molecule has 94 valence electrons. The third-order valence-corrected chi connectivity index (χ3v) is 2.64. The minimum absolute atomic E-state index is 0.00586. The van der Waals surface area contributed by atoms with Crippen molar-refractivity contribution in [1.29, 1.82) is 0 Å². The zero-order valence-electron chi connectivity index (χ0n) is 9.01. The van der Waals surface area contributed by atoms with Gasteiger partial charge >= 0.3 is 5.97 Å². The summed E-state index contributed by atoms with van der Waals surface area (Å²) >= 11 is 5.45. The number of alkyl halides is 1. The summed E-state index contributed by atoms with van der Waals surface area (Å²) in [4.78, 5) is 10.8. The second kappa shape index (κ2) is 5.86. The Balaban J connectivity index is 3.03. The molecule has 0 saturated heterocycles. The first kappa shape index (κ1) is 13.8. The molecule has 0 spiro atoms. The van der Waals surface area contributed by atoms with Gasteiger partial charge in [-0.15, -0.1) is 11.6 Å². The van der Waals surface area contributed by atoms with Gasteiger partial charge in [0.25, 0.3) is 0 Å². The summed E-state index contributed by atoms with van der Waals surface area (Å²) in [5, 5.41) is 28.2. The Bertz CT molecular complexity index is 410. The van der Waals surface area contributed by atoms with Crippen molar-refractivity contribution in [3.05, 3.63) is 29.3 Å². The Morgan fingerprint density at radius 3 is 2.59 bits per heavy atom. The van der Waals surface area contributed by atoms with Gasteiger partial charge in [0.05, 0.1) is 11.7 Å². The van der Waals surface area contributed by atoms with E-state index in [1.54, 1.807) is 0 Å². The van der Waals surface area contributed by atoms with E-state index in [2.05, 4.69) is 0 Å². The molecule has 2 unspecified atom stereocenters. The molecule has 1 aromatic rings. The third-order valence-electron chi connectivity index (χ3n) is 2.42. The van der Waals surface area contributed by atoms with Gasteiger partial charge in [-0.25, -0.2) is 4.79 Å². The molecule has 5 N–H and O–H groups in total. The highest BCUT2D eigenvalue weighted by Crippen LogP contribution is 2.26. The minimum atomic E-state index is -1.24. The summed E-state index contributed by atoms with van der Waals surface area (Å²) in [5.41, 5.74) is 6.06. The molecular formula is C11H14ClNO4. The zero-order chi connectivity index (χ0) is 13.0. The third kappa shape index (κ3) is 3.33. The summed E-state index contributed by atoms with van der Waals surface area (Å²) in [6.07, 6.45) is -2.12. The van der Waals surface area contributed by atoms with Crippen molar-refractivity contribution < 1.29 is 20.1 Å². The number of nitrogens with two attached hydrogens (primary N) is 1. The lowest BCUT2D eigenvalue weighted by Crippen LogP contribution is -2.20. The number of carboxylic acids is 1. The fourth-order valence-corrected chi connectivity index (χ4v) is 1.66. The SMILES string of the molecule is Nc1ccc(C(=O)O)cc1C(O)C(O)CCCl. The first-order valence-corrected chi connectivity index (χ1v) is 5.55. The Labute approximate surface area is 103 Å². The average Bonchev–Trinajstić information content (AvgIpc) is 2.28. The molecule has 0 aromatic heterocycles. The first-order chi connectivity index (χ1) is 7.97. The van der Waals surface area contributed by atoms with Crippen molar-refractivity contribution in [2.45, 2.75) is 18.6 Å². The number of aliphatic hydroxyl groups excluding tert-OH is 2. The van der Waals surface area contributed by atoms with Gasteiger partial charge in [-0.3, -0.25) is 0 Å². The summed E-state index contributed by atoms with van der Waals surface area (Å²) in [6, 6.07) is 3.97. The average molecular weight is 260 g/mol. The summed E-state index contributed by atoms with van der Waals surface area (Å²) in [6.45, 7) is 0. The summed E-state index contributed by atoms with van der Waals surface area (Å²) in [5.74, 6) is -0.929. The molecule has 0 aliphatic heterocycles. The molecule has 0 heterocycles. The van der Waals surface area contributed by atoms with Gasteiger partial charge in [-0.05, 0) is 24.6 Å². The standard InChI is InChI=1S/C11H14ClNO4/c12-4-3-9(14)10(15)7-5-6(11(16)17)1-2-8(7)13/h1-2,5,9-10,14-15H,3-4,13H2,(H,16,17). The van der Waals surface area contributed by atoms with E-state index in [0.29, 0.717) is 0 Å². The maximum Gasteiger partial charge on any atom is 0.335 e. The quantitative estimate of drug-likeness (QED) is 0.466. The van der Waals surface area contributed by atoms with Crippen LogP contribution in [0.15, 0.2) is 18.2 Å². The molecule has 0 radical (unpaired) electrons. The van der Waals surface area contributed by atoms with E-state index in [4.69, 9.17) is 22.4 Å². The van der Waals surface area contributed by atoms with Gasteiger partial charge in [-0.2, -0.15) is 0 Å². The molecule has 0 bridgehead atoms. The van der Waals surface area contributed by atoms with Gasteiger partial charge in [0.15, 0.2) is 0 Å². The van der Waals surface area contributed by atoms with E-state index in [0.717, 1.165) is 0 Å². The van der Waals surface area contributed by atoms with Crippen LogP contribution in [0.5, 0.6) is 0 Å². The van der Waals surface area contributed by atoms with Crippen molar-refractivity contribution >= 4 is 23.3 Å². The molecule has 17 heavy (non-hydrogen) atoms. The Morgan fingerprint density at radius 2 is 2.06 bits per heavy atom. The van der Waals surface area contributed by atoms with E-state index in [-0.39, 0.29) is 29.1 Å². The monoisotopic (exact) mass is 259 g/mol. The van der Waals surface area contributed by atoms with Gasteiger partial charge in [0, 0.05) is 17.1 Å². The minimum Gasteiger partial charge on any atom is -0.478 e. The molecule has 1 aromatic carbocycles. The van der Waals surface area contributed by atoms with Crippen molar-refractivity contribution in [1.82, 2.24) is 0 Å².